The monoisotopic (exact) mass is 205 g/mol. The predicted octanol–water partition coefficient (Wildman–Crippen LogP) is -1.54. The number of Topliss-reactive ketones (excluding diaryl/α,β-unsaturated/α-hetero) is 1. The molecule has 0 aromatic heterocycles. The van der Waals surface area contributed by atoms with Gasteiger partial charge in [0.15, 0.2) is 0 Å². The normalized spacial score (nSPS) is 23.9. The van der Waals surface area contributed by atoms with Crippen LogP contribution >= 0.6 is 0 Å². The summed E-state index contributed by atoms with van der Waals surface area (Å²) in [5, 5.41) is 0. The van der Waals surface area contributed by atoms with Gasteiger partial charge >= 0.3 is 0 Å². The van der Waals surface area contributed by atoms with E-state index in [0.717, 1.165) is 30.3 Å². The van der Waals surface area contributed by atoms with Crippen molar-refractivity contribution < 1.29 is 21.7 Å². The van der Waals surface area contributed by atoms with Crippen molar-refractivity contribution in [3.8, 4) is 0 Å². The fourth-order valence-electron chi connectivity index (χ4n) is 1.91. The maximum Gasteiger partial charge on any atom is 0.141 e. The topological polar surface area (TPSA) is 17.1 Å². The number of carbonyl (C=O) groups is 1. The zero-order valence-electron chi connectivity index (χ0n) is 8.85. The molecule has 0 bridgehead atoms. The highest BCUT2D eigenvalue weighted by atomic mass is 35.5. The molecule has 0 N–H and O–H groups in total. The fourth-order valence-corrected chi connectivity index (χ4v) is 1.91. The highest BCUT2D eigenvalue weighted by molar-refractivity contribution is 5.81. The maximum atomic E-state index is 11.5. The summed E-state index contributed by atoms with van der Waals surface area (Å²) < 4.78 is 0.913. The van der Waals surface area contributed by atoms with E-state index in [1.54, 1.807) is 0 Å². The molecule has 3 heteroatoms. The molecule has 2 nitrogen and oxygen atoms in total. The highest BCUT2D eigenvalue weighted by Crippen LogP contribution is 2.21. The van der Waals surface area contributed by atoms with Gasteiger partial charge in [-0.05, 0) is 12.8 Å². The SMILES string of the molecule is C[N+](C)(C)CC1CCCCC1=O.[Cl-]. The van der Waals surface area contributed by atoms with Crippen LogP contribution in [0.1, 0.15) is 25.7 Å². The Morgan fingerprint density at radius 1 is 1.31 bits per heavy atom. The Labute approximate surface area is 87.3 Å². The van der Waals surface area contributed by atoms with E-state index in [0.29, 0.717) is 11.7 Å². The van der Waals surface area contributed by atoms with Crippen molar-refractivity contribution in [1.82, 2.24) is 0 Å². The lowest BCUT2D eigenvalue weighted by atomic mass is 9.87. The van der Waals surface area contributed by atoms with Crippen LogP contribution in [-0.4, -0.2) is 38.0 Å². The van der Waals surface area contributed by atoms with E-state index < -0.39 is 0 Å². The standard InChI is InChI=1S/C10H20NO.ClH/c1-11(2,3)8-9-6-4-5-7-10(9)12;/h9H,4-8H2,1-3H3;1H/q+1;/p-1. The van der Waals surface area contributed by atoms with E-state index in [9.17, 15) is 4.79 Å². The van der Waals surface area contributed by atoms with Crippen molar-refractivity contribution in [2.24, 2.45) is 5.92 Å². The Balaban J connectivity index is 0.00000144. The molecule has 0 heterocycles. The van der Waals surface area contributed by atoms with E-state index in [2.05, 4.69) is 21.1 Å². The summed E-state index contributed by atoms with van der Waals surface area (Å²) in [6.45, 7) is 1.01. The van der Waals surface area contributed by atoms with Gasteiger partial charge in [0, 0.05) is 6.42 Å². The molecule has 1 rings (SSSR count). The van der Waals surface area contributed by atoms with E-state index in [1.807, 2.05) is 0 Å². The van der Waals surface area contributed by atoms with Crippen LogP contribution in [0.3, 0.4) is 0 Å². The molecule has 0 aromatic carbocycles. The first-order chi connectivity index (χ1) is 5.49. The number of ketones is 1. The van der Waals surface area contributed by atoms with Crippen molar-refractivity contribution in [2.75, 3.05) is 27.7 Å². The van der Waals surface area contributed by atoms with Crippen LogP contribution in [0.2, 0.25) is 0 Å². The van der Waals surface area contributed by atoms with Gasteiger partial charge in [0.1, 0.15) is 5.78 Å². The summed E-state index contributed by atoms with van der Waals surface area (Å²) in [4.78, 5) is 11.5. The number of halogens is 1. The van der Waals surface area contributed by atoms with Crippen LogP contribution in [0.4, 0.5) is 0 Å². The average molecular weight is 206 g/mol. The van der Waals surface area contributed by atoms with Crippen molar-refractivity contribution in [3.05, 3.63) is 0 Å². The summed E-state index contributed by atoms with van der Waals surface area (Å²) in [6.07, 6.45) is 4.31. The lowest BCUT2D eigenvalue weighted by Gasteiger charge is -2.30. The van der Waals surface area contributed by atoms with Gasteiger partial charge in [-0.3, -0.25) is 4.79 Å². The molecule has 0 radical (unpaired) electrons. The second kappa shape index (κ2) is 4.97. The summed E-state index contributed by atoms with van der Waals surface area (Å²) in [6, 6.07) is 0. The van der Waals surface area contributed by atoms with Gasteiger partial charge < -0.3 is 16.9 Å². The lowest BCUT2D eigenvalue weighted by molar-refractivity contribution is -0.872. The molecule has 1 aliphatic carbocycles. The van der Waals surface area contributed by atoms with Crippen LogP contribution in [0.15, 0.2) is 0 Å². The highest BCUT2D eigenvalue weighted by Gasteiger charge is 2.27. The first-order valence-corrected chi connectivity index (χ1v) is 4.82. The second-order valence-electron chi connectivity index (χ2n) is 4.88. The Bertz CT molecular complexity index is 174. The number of hydrogen-bond donors (Lipinski definition) is 0. The number of quaternary nitrogens is 1. The molecule has 0 saturated heterocycles. The predicted molar refractivity (Wildman–Crippen MR) is 49.9 cm³/mol. The molecule has 1 aliphatic rings. The largest absolute Gasteiger partial charge is 1.00 e. The third kappa shape index (κ3) is 4.63. The van der Waals surface area contributed by atoms with Gasteiger partial charge in [-0.15, -0.1) is 0 Å². The first kappa shape index (κ1) is 12.9. The van der Waals surface area contributed by atoms with Gasteiger partial charge in [-0.25, -0.2) is 0 Å². The van der Waals surface area contributed by atoms with Gasteiger partial charge in [0.25, 0.3) is 0 Å². The zero-order chi connectivity index (χ0) is 9.19. The van der Waals surface area contributed by atoms with Crippen LogP contribution in [0.5, 0.6) is 0 Å². The third-order valence-electron chi connectivity index (χ3n) is 2.45. The number of carbonyl (C=O) groups excluding carboxylic acids is 1. The van der Waals surface area contributed by atoms with E-state index in [-0.39, 0.29) is 12.4 Å². The van der Waals surface area contributed by atoms with Crippen LogP contribution in [0.25, 0.3) is 0 Å². The molecular formula is C10H20ClNO. The molecule has 1 unspecified atom stereocenters. The van der Waals surface area contributed by atoms with E-state index >= 15 is 0 Å². The Kier molecular flexibility index (Phi) is 4.93. The molecule has 1 saturated carbocycles. The van der Waals surface area contributed by atoms with Gasteiger partial charge in [-0.1, -0.05) is 6.42 Å². The van der Waals surface area contributed by atoms with E-state index in [4.69, 9.17) is 0 Å². The minimum atomic E-state index is 0. The molecule has 78 valence electrons. The van der Waals surface area contributed by atoms with Crippen molar-refractivity contribution >= 4 is 5.78 Å². The third-order valence-corrected chi connectivity index (χ3v) is 2.45. The average Bonchev–Trinajstić information content (AvgIpc) is 1.91. The zero-order valence-corrected chi connectivity index (χ0v) is 9.60. The van der Waals surface area contributed by atoms with Gasteiger partial charge in [0.2, 0.25) is 0 Å². The van der Waals surface area contributed by atoms with Crippen molar-refractivity contribution in [1.29, 1.82) is 0 Å². The molecule has 0 aliphatic heterocycles. The minimum Gasteiger partial charge on any atom is -1.00 e. The molecule has 1 atom stereocenters. The van der Waals surface area contributed by atoms with Crippen molar-refractivity contribution in [3.63, 3.8) is 0 Å². The minimum absolute atomic E-state index is 0. The molecule has 0 amide bonds. The van der Waals surface area contributed by atoms with Gasteiger partial charge in [0.05, 0.1) is 33.6 Å². The fraction of sp³-hybridized carbons (Fsp3) is 0.900. The lowest BCUT2D eigenvalue weighted by Crippen LogP contribution is -3.00. The molecule has 13 heavy (non-hydrogen) atoms. The molecule has 0 aromatic rings. The van der Waals surface area contributed by atoms with Crippen LogP contribution in [-0.2, 0) is 4.79 Å². The molecule has 1 fully saturated rings. The van der Waals surface area contributed by atoms with Gasteiger partial charge in [-0.2, -0.15) is 0 Å². The maximum absolute atomic E-state index is 11.5. The first-order valence-electron chi connectivity index (χ1n) is 4.82. The molecule has 0 spiro atoms. The van der Waals surface area contributed by atoms with E-state index in [1.165, 1.54) is 6.42 Å². The number of hydrogen-bond acceptors (Lipinski definition) is 1. The summed E-state index contributed by atoms with van der Waals surface area (Å²) >= 11 is 0. The summed E-state index contributed by atoms with van der Waals surface area (Å²) in [5.74, 6) is 0.841. The van der Waals surface area contributed by atoms with Crippen LogP contribution < -0.4 is 12.4 Å². The quantitative estimate of drug-likeness (QED) is 0.500. The number of rotatable bonds is 2. The Morgan fingerprint density at radius 3 is 2.38 bits per heavy atom. The smallest absolute Gasteiger partial charge is 0.141 e. The summed E-state index contributed by atoms with van der Waals surface area (Å²) in [5.41, 5.74) is 0. The Hall–Kier alpha value is -0.0800. The van der Waals surface area contributed by atoms with Crippen molar-refractivity contribution in [2.45, 2.75) is 25.7 Å². The molecular weight excluding hydrogens is 186 g/mol. The van der Waals surface area contributed by atoms with Crippen LogP contribution in [0, 0.1) is 5.92 Å². The second-order valence-corrected chi connectivity index (χ2v) is 4.88. The number of nitrogens with zero attached hydrogens (tertiary/aromatic N) is 1. The summed E-state index contributed by atoms with van der Waals surface area (Å²) in [7, 11) is 6.46. The Morgan fingerprint density at radius 2 is 1.92 bits per heavy atom.